The summed E-state index contributed by atoms with van der Waals surface area (Å²) in [5, 5.41) is 8.37. The summed E-state index contributed by atoms with van der Waals surface area (Å²) in [5.41, 5.74) is -0.925. The van der Waals surface area contributed by atoms with Gasteiger partial charge in [0.15, 0.2) is 0 Å². The van der Waals surface area contributed by atoms with Crippen LogP contribution in [0, 0.1) is 0 Å². The molecule has 0 amide bonds. The van der Waals surface area contributed by atoms with Crippen molar-refractivity contribution in [2.45, 2.75) is 25.9 Å². The van der Waals surface area contributed by atoms with Gasteiger partial charge in [0.1, 0.15) is 5.67 Å². The summed E-state index contributed by atoms with van der Waals surface area (Å²) in [6, 6.07) is 0. The number of aliphatic hydroxyl groups is 1. The van der Waals surface area contributed by atoms with Crippen LogP contribution in [-0.4, -0.2) is 17.4 Å². The highest BCUT2D eigenvalue weighted by atomic mass is 19.1. The van der Waals surface area contributed by atoms with Crippen LogP contribution in [0.2, 0.25) is 0 Å². The molecule has 54 valence electrons. The Kier molecular flexibility index (Phi) is 2.85. The second-order valence-electron chi connectivity index (χ2n) is 2.45. The SMILES string of the molecule is C=C(C)C(C)(F)CCO. The van der Waals surface area contributed by atoms with Crippen molar-refractivity contribution < 1.29 is 9.50 Å². The molecule has 0 aliphatic rings. The summed E-state index contributed by atoms with van der Waals surface area (Å²) in [6.45, 7) is 6.38. The van der Waals surface area contributed by atoms with Crippen LogP contribution in [0.15, 0.2) is 12.2 Å². The Bertz CT molecular complexity index is 107. The maximum absolute atomic E-state index is 13.0. The molecule has 0 bridgehead atoms. The standard InChI is InChI=1S/C7H13FO/c1-6(2)7(3,8)4-5-9/h9H,1,4-5H2,2-3H3. The van der Waals surface area contributed by atoms with E-state index in [-0.39, 0.29) is 13.0 Å². The lowest BCUT2D eigenvalue weighted by atomic mass is 9.98. The van der Waals surface area contributed by atoms with Crippen LogP contribution in [0.25, 0.3) is 0 Å². The van der Waals surface area contributed by atoms with E-state index in [2.05, 4.69) is 6.58 Å². The summed E-state index contributed by atoms with van der Waals surface area (Å²) in [7, 11) is 0. The van der Waals surface area contributed by atoms with Gasteiger partial charge in [0.25, 0.3) is 0 Å². The molecule has 0 saturated heterocycles. The van der Waals surface area contributed by atoms with Crippen molar-refractivity contribution in [2.24, 2.45) is 0 Å². The molecule has 0 rings (SSSR count). The number of halogens is 1. The van der Waals surface area contributed by atoms with Crippen molar-refractivity contribution in [1.82, 2.24) is 0 Å². The van der Waals surface area contributed by atoms with E-state index in [9.17, 15) is 4.39 Å². The Morgan fingerprint density at radius 3 is 2.33 bits per heavy atom. The van der Waals surface area contributed by atoms with E-state index in [0.717, 1.165) is 0 Å². The Balaban J connectivity index is 3.85. The van der Waals surface area contributed by atoms with E-state index >= 15 is 0 Å². The third-order valence-electron chi connectivity index (χ3n) is 1.47. The van der Waals surface area contributed by atoms with Gasteiger partial charge < -0.3 is 5.11 Å². The van der Waals surface area contributed by atoms with Gasteiger partial charge in [-0.3, -0.25) is 0 Å². The van der Waals surface area contributed by atoms with Crippen molar-refractivity contribution in [3.63, 3.8) is 0 Å². The molecule has 0 heterocycles. The molecule has 0 aliphatic heterocycles. The van der Waals surface area contributed by atoms with Crippen LogP contribution in [-0.2, 0) is 0 Å². The molecule has 9 heavy (non-hydrogen) atoms. The van der Waals surface area contributed by atoms with Gasteiger partial charge in [-0.15, -0.1) is 0 Å². The first-order chi connectivity index (χ1) is 4.00. The van der Waals surface area contributed by atoms with E-state index in [0.29, 0.717) is 5.57 Å². The van der Waals surface area contributed by atoms with Crippen molar-refractivity contribution in [1.29, 1.82) is 0 Å². The molecule has 1 atom stereocenters. The molecule has 1 nitrogen and oxygen atoms in total. The van der Waals surface area contributed by atoms with E-state index in [1.807, 2.05) is 0 Å². The van der Waals surface area contributed by atoms with Crippen LogP contribution in [0.4, 0.5) is 4.39 Å². The minimum atomic E-state index is -1.39. The molecule has 0 fully saturated rings. The lowest BCUT2D eigenvalue weighted by molar-refractivity contribution is 0.167. The molecule has 0 radical (unpaired) electrons. The molecule has 0 aromatic rings. The van der Waals surface area contributed by atoms with Gasteiger partial charge in [0.05, 0.1) is 0 Å². The maximum Gasteiger partial charge on any atom is 0.130 e. The van der Waals surface area contributed by atoms with Crippen LogP contribution < -0.4 is 0 Å². The molecule has 0 aromatic carbocycles. The highest BCUT2D eigenvalue weighted by molar-refractivity contribution is 5.06. The zero-order valence-corrected chi connectivity index (χ0v) is 5.95. The number of hydrogen-bond donors (Lipinski definition) is 1. The van der Waals surface area contributed by atoms with E-state index in [1.54, 1.807) is 6.92 Å². The Labute approximate surface area is 55.2 Å². The minimum absolute atomic E-state index is 0.125. The predicted molar refractivity (Wildman–Crippen MR) is 36.0 cm³/mol. The molecular weight excluding hydrogens is 119 g/mol. The first kappa shape index (κ1) is 8.63. The highest BCUT2D eigenvalue weighted by Crippen LogP contribution is 2.22. The third-order valence-corrected chi connectivity index (χ3v) is 1.47. The number of rotatable bonds is 3. The molecular formula is C7H13FO. The molecule has 0 aromatic heterocycles. The van der Waals surface area contributed by atoms with Gasteiger partial charge in [-0.05, 0) is 19.4 Å². The first-order valence-electron chi connectivity index (χ1n) is 2.96. The molecule has 1 N–H and O–H groups in total. The van der Waals surface area contributed by atoms with Gasteiger partial charge in [0, 0.05) is 13.0 Å². The van der Waals surface area contributed by atoms with Crippen molar-refractivity contribution in [2.75, 3.05) is 6.61 Å². The fourth-order valence-electron chi connectivity index (χ4n) is 0.423. The van der Waals surface area contributed by atoms with Crippen LogP contribution in [0.5, 0.6) is 0 Å². The fraction of sp³-hybridized carbons (Fsp3) is 0.714. The third kappa shape index (κ3) is 2.61. The quantitative estimate of drug-likeness (QED) is 0.579. The summed E-state index contributed by atoms with van der Waals surface area (Å²) in [4.78, 5) is 0. The Morgan fingerprint density at radius 1 is 1.78 bits per heavy atom. The molecule has 0 spiro atoms. The molecule has 0 aliphatic carbocycles. The molecule has 1 unspecified atom stereocenters. The Hall–Kier alpha value is -0.370. The maximum atomic E-state index is 13.0. The van der Waals surface area contributed by atoms with Gasteiger partial charge in [-0.1, -0.05) is 6.58 Å². The monoisotopic (exact) mass is 132 g/mol. The second-order valence-corrected chi connectivity index (χ2v) is 2.45. The summed E-state index contributed by atoms with van der Waals surface area (Å²) >= 11 is 0. The van der Waals surface area contributed by atoms with Crippen LogP contribution >= 0.6 is 0 Å². The van der Waals surface area contributed by atoms with Gasteiger partial charge in [-0.2, -0.15) is 0 Å². The first-order valence-corrected chi connectivity index (χ1v) is 2.96. The topological polar surface area (TPSA) is 20.2 Å². The van der Waals surface area contributed by atoms with E-state index < -0.39 is 5.67 Å². The fourth-order valence-corrected chi connectivity index (χ4v) is 0.423. The van der Waals surface area contributed by atoms with Crippen LogP contribution in [0.1, 0.15) is 20.3 Å². The number of allylic oxidation sites excluding steroid dienone is 1. The van der Waals surface area contributed by atoms with Gasteiger partial charge >= 0.3 is 0 Å². The highest BCUT2D eigenvalue weighted by Gasteiger charge is 2.22. The summed E-state index contributed by atoms with van der Waals surface area (Å²) in [6.07, 6.45) is 0.141. The van der Waals surface area contributed by atoms with Crippen molar-refractivity contribution in [3.05, 3.63) is 12.2 Å². The zero-order valence-electron chi connectivity index (χ0n) is 5.95. The summed E-state index contributed by atoms with van der Waals surface area (Å²) in [5.74, 6) is 0. The van der Waals surface area contributed by atoms with Crippen LogP contribution in [0.3, 0.4) is 0 Å². The number of alkyl halides is 1. The summed E-state index contributed by atoms with van der Waals surface area (Å²) < 4.78 is 13.0. The average molecular weight is 132 g/mol. The van der Waals surface area contributed by atoms with Gasteiger partial charge in [-0.25, -0.2) is 4.39 Å². The molecule has 0 saturated carbocycles. The number of aliphatic hydroxyl groups excluding tert-OH is 1. The van der Waals surface area contributed by atoms with E-state index in [1.165, 1.54) is 6.92 Å². The van der Waals surface area contributed by atoms with Crippen molar-refractivity contribution >= 4 is 0 Å². The normalized spacial score (nSPS) is 16.9. The lowest BCUT2D eigenvalue weighted by Crippen LogP contribution is -2.20. The van der Waals surface area contributed by atoms with Crippen molar-refractivity contribution in [3.8, 4) is 0 Å². The predicted octanol–water partition coefficient (Wildman–Crippen LogP) is 1.67. The largest absolute Gasteiger partial charge is 0.396 e. The van der Waals surface area contributed by atoms with E-state index in [4.69, 9.17) is 5.11 Å². The minimum Gasteiger partial charge on any atom is -0.396 e. The number of hydrogen-bond acceptors (Lipinski definition) is 1. The van der Waals surface area contributed by atoms with Gasteiger partial charge in [0.2, 0.25) is 0 Å². The average Bonchev–Trinajstić information content (AvgIpc) is 1.65. The lowest BCUT2D eigenvalue weighted by Gasteiger charge is -2.18. The second kappa shape index (κ2) is 2.97. The smallest absolute Gasteiger partial charge is 0.130 e. The Morgan fingerprint density at radius 2 is 2.22 bits per heavy atom. The molecule has 2 heteroatoms. The zero-order chi connectivity index (χ0) is 7.49.